The van der Waals surface area contributed by atoms with Gasteiger partial charge in [-0.05, 0) is 43.9 Å². The quantitative estimate of drug-likeness (QED) is 0.690. The van der Waals surface area contributed by atoms with Crippen molar-refractivity contribution in [1.82, 2.24) is 19.3 Å². The van der Waals surface area contributed by atoms with Crippen molar-refractivity contribution < 1.29 is 4.79 Å². The number of benzene rings is 1. The van der Waals surface area contributed by atoms with Crippen LogP contribution in [0.1, 0.15) is 48.3 Å². The maximum Gasteiger partial charge on any atom is 0.273 e. The van der Waals surface area contributed by atoms with E-state index in [4.69, 9.17) is 0 Å². The Labute approximate surface area is 160 Å². The second-order valence-electron chi connectivity index (χ2n) is 7.15. The van der Waals surface area contributed by atoms with Crippen LogP contribution in [-0.4, -0.2) is 25.2 Å². The lowest BCUT2D eigenvalue weighted by Crippen LogP contribution is -2.18. The Hall–Kier alpha value is -2.89. The Morgan fingerprint density at radius 3 is 2.70 bits per heavy atom. The van der Waals surface area contributed by atoms with Crippen molar-refractivity contribution in [3.05, 3.63) is 65.5 Å². The first-order valence-corrected chi connectivity index (χ1v) is 9.41. The molecule has 6 heteroatoms. The van der Waals surface area contributed by atoms with Gasteiger partial charge in [-0.15, -0.1) is 0 Å². The Bertz CT molecular complexity index is 922. The van der Waals surface area contributed by atoms with E-state index < -0.39 is 0 Å². The van der Waals surface area contributed by atoms with Gasteiger partial charge in [0.2, 0.25) is 0 Å². The highest BCUT2D eigenvalue weighted by molar-refractivity contribution is 6.03. The molecule has 2 aromatic heterocycles. The van der Waals surface area contributed by atoms with Crippen molar-refractivity contribution in [2.75, 3.05) is 5.32 Å². The summed E-state index contributed by atoms with van der Waals surface area (Å²) in [6, 6.07) is 9.77. The third kappa shape index (κ3) is 4.45. The molecule has 0 spiro atoms. The lowest BCUT2D eigenvalue weighted by atomic mass is 10.1. The van der Waals surface area contributed by atoms with Crippen LogP contribution >= 0.6 is 0 Å². The molecule has 0 unspecified atom stereocenters. The molecule has 6 nitrogen and oxygen atoms in total. The van der Waals surface area contributed by atoms with Crippen LogP contribution < -0.4 is 5.32 Å². The number of imidazole rings is 1. The Morgan fingerprint density at radius 2 is 2.04 bits per heavy atom. The second-order valence-corrected chi connectivity index (χ2v) is 7.15. The van der Waals surface area contributed by atoms with Crippen LogP contribution in [0.25, 0.3) is 0 Å². The highest BCUT2D eigenvalue weighted by Gasteiger charge is 2.16. The summed E-state index contributed by atoms with van der Waals surface area (Å²) >= 11 is 0. The van der Waals surface area contributed by atoms with Crippen molar-refractivity contribution >= 4 is 11.6 Å². The molecule has 1 N–H and O–H groups in total. The van der Waals surface area contributed by atoms with E-state index in [1.54, 1.807) is 10.9 Å². The summed E-state index contributed by atoms with van der Waals surface area (Å²) in [4.78, 5) is 17.2. The number of aromatic nitrogens is 4. The first-order chi connectivity index (χ1) is 13.0. The maximum absolute atomic E-state index is 12.9. The molecule has 0 radical (unpaired) electrons. The molecule has 0 saturated heterocycles. The molecular weight excluding hydrogens is 338 g/mol. The topological polar surface area (TPSA) is 64.7 Å². The van der Waals surface area contributed by atoms with Gasteiger partial charge in [0.25, 0.3) is 5.91 Å². The van der Waals surface area contributed by atoms with Crippen LogP contribution in [0.15, 0.2) is 42.7 Å². The van der Waals surface area contributed by atoms with E-state index in [9.17, 15) is 4.79 Å². The fourth-order valence-electron chi connectivity index (χ4n) is 3.13. The lowest BCUT2D eigenvalue weighted by Gasteiger charge is -2.13. The fourth-order valence-corrected chi connectivity index (χ4v) is 3.13. The highest BCUT2D eigenvalue weighted by Crippen LogP contribution is 2.19. The number of aryl methyl sites for hydroxylation is 2. The highest BCUT2D eigenvalue weighted by atomic mass is 16.2. The molecule has 0 atom stereocenters. The molecule has 3 aromatic rings. The summed E-state index contributed by atoms with van der Waals surface area (Å²) in [6.45, 7) is 9.60. The number of anilines is 1. The van der Waals surface area contributed by atoms with E-state index in [0.29, 0.717) is 24.7 Å². The lowest BCUT2D eigenvalue weighted by molar-refractivity contribution is 0.101. The van der Waals surface area contributed by atoms with Crippen molar-refractivity contribution in [3.8, 4) is 0 Å². The van der Waals surface area contributed by atoms with Crippen LogP contribution in [0, 0.1) is 12.8 Å². The number of amides is 1. The van der Waals surface area contributed by atoms with Crippen LogP contribution in [-0.2, 0) is 19.5 Å². The van der Waals surface area contributed by atoms with Crippen LogP contribution in [0.5, 0.6) is 0 Å². The summed E-state index contributed by atoms with van der Waals surface area (Å²) in [5.74, 6) is 1.31. The number of carbonyl (C=O) groups excluding carboxylic acids is 1. The molecule has 0 aliphatic rings. The molecular formula is C21H27N5O. The third-order valence-corrected chi connectivity index (χ3v) is 4.51. The Balaban J connectivity index is 1.82. The number of nitrogens with one attached hydrogen (secondary N) is 1. The van der Waals surface area contributed by atoms with Crippen LogP contribution in [0.4, 0.5) is 5.69 Å². The van der Waals surface area contributed by atoms with E-state index in [2.05, 4.69) is 33.8 Å². The second kappa shape index (κ2) is 8.20. The third-order valence-electron chi connectivity index (χ3n) is 4.51. The Morgan fingerprint density at radius 1 is 1.26 bits per heavy atom. The van der Waals surface area contributed by atoms with E-state index in [-0.39, 0.29) is 5.91 Å². The van der Waals surface area contributed by atoms with Gasteiger partial charge in [-0.1, -0.05) is 32.0 Å². The first kappa shape index (κ1) is 18.9. The van der Waals surface area contributed by atoms with Gasteiger partial charge in [0.1, 0.15) is 11.5 Å². The molecule has 2 heterocycles. The maximum atomic E-state index is 12.9. The standard InChI is InChI=1S/C21H27N5O/c1-5-26-20(13-18(24-26)12-15(2)3)21(27)23-19-9-7-6-8-17(19)14-25-11-10-22-16(25)4/h6-11,13,15H,5,12,14H2,1-4H3,(H,23,27). The van der Waals surface area contributed by atoms with Crippen LogP contribution in [0.2, 0.25) is 0 Å². The molecule has 0 bridgehead atoms. The number of nitrogens with zero attached hydrogens (tertiary/aromatic N) is 4. The fraction of sp³-hybridized carbons (Fsp3) is 0.381. The summed E-state index contributed by atoms with van der Waals surface area (Å²) in [5.41, 5.74) is 3.41. The summed E-state index contributed by atoms with van der Waals surface area (Å²) < 4.78 is 3.83. The predicted molar refractivity (Wildman–Crippen MR) is 107 cm³/mol. The summed E-state index contributed by atoms with van der Waals surface area (Å²) in [6.07, 6.45) is 4.59. The van der Waals surface area contributed by atoms with Gasteiger partial charge >= 0.3 is 0 Å². The first-order valence-electron chi connectivity index (χ1n) is 9.41. The number of carbonyl (C=O) groups is 1. The molecule has 0 saturated carbocycles. The van der Waals surface area contributed by atoms with E-state index in [1.807, 2.05) is 50.4 Å². The minimum absolute atomic E-state index is 0.130. The zero-order valence-electron chi connectivity index (χ0n) is 16.4. The number of hydrogen-bond acceptors (Lipinski definition) is 3. The van der Waals surface area contributed by atoms with Gasteiger partial charge in [0, 0.05) is 24.6 Å². The monoisotopic (exact) mass is 365 g/mol. The zero-order valence-corrected chi connectivity index (χ0v) is 16.4. The minimum Gasteiger partial charge on any atom is -0.331 e. The number of para-hydroxylation sites is 1. The number of rotatable bonds is 7. The molecule has 0 aliphatic heterocycles. The largest absolute Gasteiger partial charge is 0.331 e. The van der Waals surface area contributed by atoms with E-state index >= 15 is 0 Å². The predicted octanol–water partition coefficient (Wildman–Crippen LogP) is 3.91. The normalized spacial score (nSPS) is 11.1. The molecule has 0 aliphatic carbocycles. The summed E-state index contributed by atoms with van der Waals surface area (Å²) in [7, 11) is 0. The molecule has 0 fully saturated rings. The summed E-state index contributed by atoms with van der Waals surface area (Å²) in [5, 5.41) is 7.64. The van der Waals surface area contributed by atoms with Crippen molar-refractivity contribution in [2.24, 2.45) is 5.92 Å². The SMILES string of the molecule is CCn1nc(CC(C)C)cc1C(=O)Nc1ccccc1Cn1ccnc1C. The van der Waals surface area contributed by atoms with Gasteiger partial charge < -0.3 is 9.88 Å². The van der Waals surface area contributed by atoms with Crippen molar-refractivity contribution in [1.29, 1.82) is 0 Å². The number of hydrogen-bond donors (Lipinski definition) is 1. The molecule has 142 valence electrons. The molecule has 1 amide bonds. The molecule has 3 rings (SSSR count). The zero-order chi connectivity index (χ0) is 19.4. The van der Waals surface area contributed by atoms with E-state index in [1.165, 1.54) is 0 Å². The van der Waals surface area contributed by atoms with Gasteiger partial charge in [0.15, 0.2) is 0 Å². The average molecular weight is 365 g/mol. The Kier molecular flexibility index (Phi) is 5.74. The van der Waals surface area contributed by atoms with Gasteiger partial charge in [-0.2, -0.15) is 5.10 Å². The van der Waals surface area contributed by atoms with E-state index in [0.717, 1.165) is 29.2 Å². The molecule has 27 heavy (non-hydrogen) atoms. The van der Waals surface area contributed by atoms with Crippen molar-refractivity contribution in [2.45, 2.75) is 47.2 Å². The van der Waals surface area contributed by atoms with Gasteiger partial charge in [-0.3, -0.25) is 9.48 Å². The van der Waals surface area contributed by atoms with Gasteiger partial charge in [-0.25, -0.2) is 4.98 Å². The van der Waals surface area contributed by atoms with Crippen molar-refractivity contribution in [3.63, 3.8) is 0 Å². The minimum atomic E-state index is -0.130. The smallest absolute Gasteiger partial charge is 0.273 e. The molecule has 1 aromatic carbocycles. The average Bonchev–Trinajstić information content (AvgIpc) is 3.22. The van der Waals surface area contributed by atoms with Gasteiger partial charge in [0.05, 0.1) is 12.2 Å². The van der Waals surface area contributed by atoms with Crippen LogP contribution in [0.3, 0.4) is 0 Å².